The van der Waals surface area contributed by atoms with Crippen LogP contribution in [0.25, 0.3) is 0 Å². The molecule has 0 N–H and O–H groups in total. The largest absolute Gasteiger partial charge is 0.338 e. The van der Waals surface area contributed by atoms with Gasteiger partial charge in [0.15, 0.2) is 0 Å². The van der Waals surface area contributed by atoms with Crippen molar-refractivity contribution in [1.82, 2.24) is 9.80 Å². The van der Waals surface area contributed by atoms with Crippen LogP contribution in [0, 0.1) is 11.8 Å². The van der Waals surface area contributed by atoms with E-state index in [0.29, 0.717) is 23.9 Å². The van der Waals surface area contributed by atoms with Crippen LogP contribution in [0.4, 0.5) is 0 Å². The molecule has 4 atom stereocenters. The lowest BCUT2D eigenvalue weighted by Crippen LogP contribution is -2.38. The van der Waals surface area contributed by atoms with Gasteiger partial charge in [-0.05, 0) is 111 Å². The van der Waals surface area contributed by atoms with Gasteiger partial charge >= 0.3 is 0 Å². The predicted molar refractivity (Wildman–Crippen MR) is 202 cm³/mol. The van der Waals surface area contributed by atoms with Crippen molar-refractivity contribution in [2.45, 2.75) is 76.3 Å². The van der Waals surface area contributed by atoms with Gasteiger partial charge in [-0.3, -0.25) is 0 Å². The third-order valence-electron chi connectivity index (χ3n) is 10.9. The van der Waals surface area contributed by atoms with Crippen LogP contribution < -0.4 is 0 Å². The van der Waals surface area contributed by atoms with Crippen LogP contribution in [-0.2, 0) is 0 Å². The first-order valence-electron chi connectivity index (χ1n) is 18.4. The molecule has 0 aromatic heterocycles. The van der Waals surface area contributed by atoms with Crippen molar-refractivity contribution in [1.29, 1.82) is 0 Å². The molecule has 0 radical (unpaired) electrons. The molecular formula is C46H48N2. The maximum atomic E-state index is 2.63. The number of nitrogens with zero attached hydrogens (tertiary/aromatic N) is 2. The first kappa shape index (κ1) is 30.8. The molecule has 0 amide bonds. The summed E-state index contributed by atoms with van der Waals surface area (Å²) in [5.41, 5.74) is 11.5. The van der Waals surface area contributed by atoms with Gasteiger partial charge in [-0.1, -0.05) is 122 Å². The van der Waals surface area contributed by atoms with Crippen LogP contribution in [0.2, 0.25) is 0 Å². The lowest BCUT2D eigenvalue weighted by Gasteiger charge is -2.42. The van der Waals surface area contributed by atoms with Gasteiger partial charge in [-0.15, -0.1) is 0 Å². The zero-order valence-electron chi connectivity index (χ0n) is 28.1. The highest BCUT2D eigenvalue weighted by atomic mass is 15.2. The maximum absolute atomic E-state index is 2.63. The van der Waals surface area contributed by atoms with Gasteiger partial charge in [0, 0.05) is 34.6 Å². The highest BCUT2D eigenvalue weighted by molar-refractivity contribution is 5.50. The molecule has 242 valence electrons. The van der Waals surface area contributed by atoms with Gasteiger partial charge in [-0.25, -0.2) is 0 Å². The topological polar surface area (TPSA) is 6.48 Å². The van der Waals surface area contributed by atoms with Crippen LogP contribution >= 0.6 is 0 Å². The summed E-state index contributed by atoms with van der Waals surface area (Å²) in [6, 6.07) is 0.749. The highest BCUT2D eigenvalue weighted by Crippen LogP contribution is 2.42. The van der Waals surface area contributed by atoms with Gasteiger partial charge in [0.2, 0.25) is 0 Å². The summed E-state index contributed by atoms with van der Waals surface area (Å²) in [5, 5.41) is 0. The molecule has 8 aliphatic carbocycles. The van der Waals surface area contributed by atoms with E-state index < -0.39 is 0 Å². The van der Waals surface area contributed by atoms with E-state index in [0.717, 1.165) is 64.2 Å². The molecule has 8 aliphatic rings. The average molecular weight is 629 g/mol. The fraction of sp³-hybridized carbons (Fsp3) is 0.304. The Kier molecular flexibility index (Phi) is 9.15. The summed E-state index contributed by atoms with van der Waals surface area (Å²) >= 11 is 0. The number of hydrogen-bond acceptors (Lipinski definition) is 2. The molecule has 0 saturated carbocycles. The minimum Gasteiger partial charge on any atom is -0.338 e. The summed E-state index contributed by atoms with van der Waals surface area (Å²) in [6.45, 7) is 0. The van der Waals surface area contributed by atoms with E-state index in [9.17, 15) is 0 Å². The highest BCUT2D eigenvalue weighted by Gasteiger charge is 2.34. The standard InChI is InChI=1S/C46H48N2/c1-5-15-39(16-6-1)47(40-17-7-2-8-18-40)43-31-29-37-33-35(26-28-38(37)34-43)25-27-36-30-32-46(45-24-14-13-23-44(36)45)48(41-19-9-3-10-20-41)42-21-11-4-12-22-42/h1,3,5-7,9-11,13-15,17-19,21-25,27,30,32-34,39,41,44-45H,2,4,8,12,16,20,26,28-29,31H2/b27-25+. The maximum Gasteiger partial charge on any atom is 0.0556 e. The molecule has 2 heteroatoms. The zero-order chi connectivity index (χ0) is 32.1. The third-order valence-corrected chi connectivity index (χ3v) is 10.9. The Labute approximate surface area is 288 Å². The normalized spacial score (nSPS) is 28.8. The Hall–Kier alpha value is -4.56. The van der Waals surface area contributed by atoms with Crippen LogP contribution in [0.5, 0.6) is 0 Å². The van der Waals surface area contributed by atoms with Crippen molar-refractivity contribution in [3.63, 3.8) is 0 Å². The van der Waals surface area contributed by atoms with Gasteiger partial charge in [0.1, 0.15) is 0 Å². The van der Waals surface area contributed by atoms with E-state index in [1.807, 2.05) is 0 Å². The molecule has 48 heavy (non-hydrogen) atoms. The van der Waals surface area contributed by atoms with Crippen molar-refractivity contribution in [3.05, 3.63) is 191 Å². The molecule has 0 bridgehead atoms. The molecule has 0 fully saturated rings. The molecule has 0 aliphatic heterocycles. The first-order chi connectivity index (χ1) is 23.8. The smallest absolute Gasteiger partial charge is 0.0556 e. The summed E-state index contributed by atoms with van der Waals surface area (Å²) < 4.78 is 0. The lowest BCUT2D eigenvalue weighted by molar-refractivity contribution is 0.322. The number of allylic oxidation sites excluding steroid dienone is 25. The number of hydrogen-bond donors (Lipinski definition) is 0. The Balaban J connectivity index is 1.05. The molecule has 8 rings (SSSR count). The van der Waals surface area contributed by atoms with Crippen molar-refractivity contribution in [3.8, 4) is 0 Å². The number of rotatable bonds is 8. The molecule has 0 saturated heterocycles. The van der Waals surface area contributed by atoms with E-state index in [4.69, 9.17) is 0 Å². The molecule has 2 nitrogen and oxygen atoms in total. The summed E-state index contributed by atoms with van der Waals surface area (Å²) in [7, 11) is 0. The summed E-state index contributed by atoms with van der Waals surface area (Å²) in [4.78, 5) is 5.24. The fourth-order valence-electron chi connectivity index (χ4n) is 8.48. The summed E-state index contributed by atoms with van der Waals surface area (Å²) in [6.07, 6.45) is 67.5. The quantitative estimate of drug-likeness (QED) is 0.264. The molecule has 0 spiro atoms. The minimum absolute atomic E-state index is 0.332. The Morgan fingerprint density at radius 2 is 1.19 bits per heavy atom. The van der Waals surface area contributed by atoms with Crippen LogP contribution in [0.15, 0.2) is 191 Å². The third kappa shape index (κ3) is 6.46. The van der Waals surface area contributed by atoms with E-state index in [1.165, 1.54) is 45.1 Å². The monoisotopic (exact) mass is 628 g/mol. The second kappa shape index (κ2) is 14.3. The van der Waals surface area contributed by atoms with Gasteiger partial charge in [0.25, 0.3) is 0 Å². The fourth-order valence-corrected chi connectivity index (χ4v) is 8.48. The SMILES string of the molecule is C1=CCC(N(C2=CCCC=C2)C2=CC3=C(C=C(/C=C/C4=CC=C(N(C5=CCCC=C5)C5C=CC=CC5)C5C=CC=CC45)CC3)CC2)C=C1. The lowest BCUT2D eigenvalue weighted by atomic mass is 9.76. The van der Waals surface area contributed by atoms with Gasteiger partial charge in [0.05, 0.1) is 12.1 Å². The van der Waals surface area contributed by atoms with Gasteiger partial charge in [-0.2, -0.15) is 0 Å². The summed E-state index contributed by atoms with van der Waals surface area (Å²) in [5.74, 6) is 0.681. The Morgan fingerprint density at radius 3 is 1.88 bits per heavy atom. The zero-order valence-corrected chi connectivity index (χ0v) is 28.1. The van der Waals surface area contributed by atoms with E-state index in [-0.39, 0.29) is 0 Å². The predicted octanol–water partition coefficient (Wildman–Crippen LogP) is 11.3. The van der Waals surface area contributed by atoms with Crippen LogP contribution in [0.3, 0.4) is 0 Å². The van der Waals surface area contributed by atoms with Crippen molar-refractivity contribution >= 4 is 0 Å². The van der Waals surface area contributed by atoms with Gasteiger partial charge < -0.3 is 9.80 Å². The van der Waals surface area contributed by atoms with E-state index in [1.54, 1.807) is 0 Å². The molecule has 0 heterocycles. The second-order valence-electron chi connectivity index (χ2n) is 14.0. The number of fused-ring (bicyclic) bond motifs is 1. The minimum atomic E-state index is 0.332. The molecule has 4 unspecified atom stereocenters. The van der Waals surface area contributed by atoms with E-state index in [2.05, 4.69) is 156 Å². The Bertz CT molecular complexity index is 1790. The van der Waals surface area contributed by atoms with Crippen molar-refractivity contribution in [2.24, 2.45) is 11.8 Å². The first-order valence-corrected chi connectivity index (χ1v) is 18.4. The second-order valence-corrected chi connectivity index (χ2v) is 14.0. The molecule has 0 aromatic rings. The van der Waals surface area contributed by atoms with E-state index >= 15 is 0 Å². The average Bonchev–Trinajstić information content (AvgIpc) is 3.16. The van der Waals surface area contributed by atoms with Crippen molar-refractivity contribution in [2.75, 3.05) is 0 Å². The van der Waals surface area contributed by atoms with Crippen LogP contribution in [-0.4, -0.2) is 21.9 Å². The Morgan fingerprint density at radius 1 is 0.542 bits per heavy atom. The van der Waals surface area contributed by atoms with Crippen LogP contribution in [0.1, 0.15) is 64.2 Å². The molecular weight excluding hydrogens is 581 g/mol. The molecule has 0 aromatic carbocycles. The van der Waals surface area contributed by atoms with Crippen molar-refractivity contribution < 1.29 is 0 Å².